The number of hydrogen-bond acceptors (Lipinski definition) is 0. The van der Waals surface area contributed by atoms with Crippen LogP contribution in [0.25, 0.3) is 10.8 Å². The SMILES string of the molecule is C1=[N+]2CCC[C@@H]2Cc2ccc3ccccc3c21. The van der Waals surface area contributed by atoms with Gasteiger partial charge in [0, 0.05) is 24.8 Å². The Labute approximate surface area is 101 Å². The van der Waals surface area contributed by atoms with Crippen LogP contribution in [0, 0.1) is 0 Å². The second-order valence-corrected chi connectivity index (χ2v) is 5.23. The normalized spacial score (nSPS) is 22.1. The van der Waals surface area contributed by atoms with Gasteiger partial charge in [0.2, 0.25) is 0 Å². The topological polar surface area (TPSA) is 3.01 Å². The van der Waals surface area contributed by atoms with E-state index in [0.717, 1.165) is 6.04 Å². The van der Waals surface area contributed by atoms with Crippen molar-refractivity contribution in [3.05, 3.63) is 47.5 Å². The summed E-state index contributed by atoms with van der Waals surface area (Å²) in [5.41, 5.74) is 2.99. The van der Waals surface area contributed by atoms with Crippen LogP contribution in [0.4, 0.5) is 0 Å². The predicted molar refractivity (Wildman–Crippen MR) is 71.0 cm³/mol. The molecule has 0 spiro atoms. The Morgan fingerprint density at radius 1 is 1.06 bits per heavy atom. The van der Waals surface area contributed by atoms with E-state index in [4.69, 9.17) is 0 Å². The Kier molecular flexibility index (Phi) is 1.90. The molecule has 1 fully saturated rings. The fourth-order valence-electron chi connectivity index (χ4n) is 3.34. The molecule has 1 nitrogen and oxygen atoms in total. The molecule has 1 saturated heterocycles. The van der Waals surface area contributed by atoms with Gasteiger partial charge in [-0.1, -0.05) is 36.4 Å². The standard InChI is InChI=1S/C16H16N/c1-2-6-15-12(4-1)7-8-13-10-14-5-3-9-17(14)11-16(13)15/h1-2,4,6-8,11,14H,3,5,9-10H2/q+1/t14-/m1/s1. The lowest BCUT2D eigenvalue weighted by molar-refractivity contribution is -0.540. The van der Waals surface area contributed by atoms with E-state index in [1.165, 1.54) is 47.7 Å². The molecule has 2 aromatic carbocycles. The van der Waals surface area contributed by atoms with Crippen molar-refractivity contribution in [3.8, 4) is 0 Å². The number of rotatable bonds is 0. The van der Waals surface area contributed by atoms with E-state index in [1.807, 2.05) is 0 Å². The first-order valence-corrected chi connectivity index (χ1v) is 6.53. The maximum Gasteiger partial charge on any atom is 0.171 e. The minimum absolute atomic E-state index is 0.767. The van der Waals surface area contributed by atoms with Crippen LogP contribution in [0.15, 0.2) is 36.4 Å². The largest absolute Gasteiger partial charge is 0.232 e. The van der Waals surface area contributed by atoms with Crippen molar-refractivity contribution in [1.82, 2.24) is 0 Å². The van der Waals surface area contributed by atoms with Crippen LogP contribution in [-0.4, -0.2) is 23.4 Å². The van der Waals surface area contributed by atoms with Gasteiger partial charge in [0.1, 0.15) is 6.54 Å². The van der Waals surface area contributed by atoms with Gasteiger partial charge in [0.25, 0.3) is 0 Å². The Morgan fingerprint density at radius 3 is 3.00 bits per heavy atom. The summed E-state index contributed by atoms with van der Waals surface area (Å²) in [6.45, 7) is 1.24. The lowest BCUT2D eigenvalue weighted by Crippen LogP contribution is -2.28. The van der Waals surface area contributed by atoms with Crippen LogP contribution in [0.1, 0.15) is 24.0 Å². The van der Waals surface area contributed by atoms with E-state index < -0.39 is 0 Å². The molecule has 1 atom stereocenters. The quantitative estimate of drug-likeness (QED) is 0.603. The average molecular weight is 222 g/mol. The number of nitrogens with zero attached hydrogens (tertiary/aromatic N) is 1. The maximum atomic E-state index is 2.55. The minimum Gasteiger partial charge on any atom is -0.232 e. The molecule has 4 rings (SSSR count). The molecular weight excluding hydrogens is 206 g/mol. The van der Waals surface area contributed by atoms with Gasteiger partial charge in [-0.15, -0.1) is 0 Å². The van der Waals surface area contributed by atoms with Gasteiger partial charge in [-0.05, 0) is 16.3 Å². The first-order chi connectivity index (χ1) is 8.42. The Hall–Kier alpha value is -1.63. The fourth-order valence-corrected chi connectivity index (χ4v) is 3.34. The predicted octanol–water partition coefficient (Wildman–Crippen LogP) is 2.99. The fraction of sp³-hybridized carbons (Fsp3) is 0.312. The van der Waals surface area contributed by atoms with Crippen molar-refractivity contribution < 1.29 is 4.58 Å². The van der Waals surface area contributed by atoms with Crippen molar-refractivity contribution in [2.45, 2.75) is 25.3 Å². The minimum atomic E-state index is 0.767. The van der Waals surface area contributed by atoms with Crippen LogP contribution < -0.4 is 0 Å². The first kappa shape index (κ1) is 9.41. The van der Waals surface area contributed by atoms with Crippen molar-refractivity contribution >= 4 is 17.0 Å². The molecule has 17 heavy (non-hydrogen) atoms. The molecule has 1 heteroatoms. The van der Waals surface area contributed by atoms with Gasteiger partial charge < -0.3 is 0 Å². The molecule has 0 N–H and O–H groups in total. The summed E-state index contributed by atoms with van der Waals surface area (Å²) in [5, 5.41) is 2.77. The van der Waals surface area contributed by atoms with Crippen molar-refractivity contribution in [1.29, 1.82) is 0 Å². The highest BCUT2D eigenvalue weighted by atomic mass is 15.1. The second-order valence-electron chi connectivity index (χ2n) is 5.23. The molecule has 0 amide bonds. The third kappa shape index (κ3) is 1.35. The van der Waals surface area contributed by atoms with E-state index >= 15 is 0 Å². The maximum absolute atomic E-state index is 2.55. The van der Waals surface area contributed by atoms with Crippen LogP contribution in [-0.2, 0) is 6.42 Å². The van der Waals surface area contributed by atoms with Gasteiger partial charge in [-0.25, -0.2) is 4.58 Å². The van der Waals surface area contributed by atoms with Crippen molar-refractivity contribution in [3.63, 3.8) is 0 Å². The summed E-state index contributed by atoms with van der Waals surface area (Å²) in [6.07, 6.45) is 6.35. The number of hydrogen-bond donors (Lipinski definition) is 0. The molecule has 0 bridgehead atoms. The molecule has 0 aliphatic carbocycles. The van der Waals surface area contributed by atoms with E-state index in [9.17, 15) is 0 Å². The summed E-state index contributed by atoms with van der Waals surface area (Å²) in [7, 11) is 0. The Balaban J connectivity index is 2.01. The third-order valence-corrected chi connectivity index (χ3v) is 4.23. The van der Waals surface area contributed by atoms with Gasteiger partial charge in [0.15, 0.2) is 12.3 Å². The number of benzene rings is 2. The third-order valence-electron chi connectivity index (χ3n) is 4.23. The zero-order valence-corrected chi connectivity index (χ0v) is 9.89. The van der Waals surface area contributed by atoms with Gasteiger partial charge in [-0.3, -0.25) is 0 Å². The van der Waals surface area contributed by atoms with Crippen LogP contribution >= 0.6 is 0 Å². The molecule has 0 aromatic heterocycles. The molecule has 2 heterocycles. The van der Waals surface area contributed by atoms with Gasteiger partial charge in [0.05, 0.1) is 0 Å². The molecule has 2 aliphatic heterocycles. The smallest absolute Gasteiger partial charge is 0.171 e. The monoisotopic (exact) mass is 222 g/mol. The molecular formula is C16H16N+. The van der Waals surface area contributed by atoms with Gasteiger partial charge in [-0.2, -0.15) is 0 Å². The van der Waals surface area contributed by atoms with Crippen LogP contribution in [0.5, 0.6) is 0 Å². The first-order valence-electron chi connectivity index (χ1n) is 6.53. The summed E-state index contributed by atoms with van der Waals surface area (Å²) >= 11 is 0. The highest BCUT2D eigenvalue weighted by Crippen LogP contribution is 2.28. The lowest BCUT2D eigenvalue weighted by Gasteiger charge is -2.17. The zero-order valence-electron chi connectivity index (χ0n) is 9.89. The second kappa shape index (κ2) is 3.43. The molecule has 84 valence electrons. The van der Waals surface area contributed by atoms with E-state index in [0.29, 0.717) is 0 Å². The Bertz CT molecular complexity index is 624. The molecule has 2 aromatic rings. The van der Waals surface area contributed by atoms with Crippen LogP contribution in [0.3, 0.4) is 0 Å². The van der Waals surface area contributed by atoms with Crippen LogP contribution in [0.2, 0.25) is 0 Å². The lowest BCUT2D eigenvalue weighted by atomic mass is 9.92. The highest BCUT2D eigenvalue weighted by Gasteiger charge is 2.32. The average Bonchev–Trinajstić information content (AvgIpc) is 2.83. The highest BCUT2D eigenvalue weighted by molar-refractivity contribution is 6.00. The summed E-state index contributed by atoms with van der Waals surface area (Å²) in [5.74, 6) is 0. The van der Waals surface area contributed by atoms with E-state index in [-0.39, 0.29) is 0 Å². The van der Waals surface area contributed by atoms with Crippen molar-refractivity contribution in [2.75, 3.05) is 6.54 Å². The summed E-state index contributed by atoms with van der Waals surface area (Å²) in [4.78, 5) is 0. The van der Waals surface area contributed by atoms with E-state index in [2.05, 4.69) is 47.2 Å². The zero-order chi connectivity index (χ0) is 11.2. The molecule has 0 unspecified atom stereocenters. The summed E-state index contributed by atoms with van der Waals surface area (Å²) < 4.78 is 2.55. The number of fused-ring (bicyclic) bond motifs is 4. The Morgan fingerprint density at radius 2 is 2.00 bits per heavy atom. The molecule has 2 aliphatic rings. The van der Waals surface area contributed by atoms with Crippen molar-refractivity contribution in [2.24, 2.45) is 0 Å². The summed E-state index contributed by atoms with van der Waals surface area (Å²) in [6, 6.07) is 14.1. The van der Waals surface area contributed by atoms with Gasteiger partial charge >= 0.3 is 0 Å². The van der Waals surface area contributed by atoms with E-state index in [1.54, 1.807) is 0 Å². The molecule has 0 saturated carbocycles. The molecule has 0 radical (unpaired) electrons.